The lowest BCUT2D eigenvalue weighted by atomic mass is 9.88. The lowest BCUT2D eigenvalue weighted by Crippen LogP contribution is -2.29. The zero-order chi connectivity index (χ0) is 32.1. The Bertz CT molecular complexity index is 1780. The molecule has 0 bridgehead atoms. The number of benzene rings is 6. The molecule has 0 aliphatic heterocycles. The van der Waals surface area contributed by atoms with Gasteiger partial charge in [0.15, 0.2) is 0 Å². The van der Waals surface area contributed by atoms with Gasteiger partial charge in [0.25, 0.3) is 5.17 Å². The molecule has 0 heterocycles. The third kappa shape index (κ3) is 10.3. The Hall–Kier alpha value is -4.48. The second-order valence-corrected chi connectivity index (χ2v) is 11.9. The molecule has 3 nitrogen and oxygen atoms in total. The van der Waals surface area contributed by atoms with Gasteiger partial charge in [-0.25, -0.2) is 0 Å². The molecule has 0 saturated heterocycles. The maximum atomic E-state index is 5.84. The fourth-order valence-electron chi connectivity index (χ4n) is 5.54. The summed E-state index contributed by atoms with van der Waals surface area (Å²) < 4.78 is 5.84. The van der Waals surface area contributed by atoms with E-state index in [1.165, 1.54) is 27.6 Å². The average Bonchev–Trinajstić information content (AvgIpc) is 3.11. The van der Waals surface area contributed by atoms with E-state index in [0.717, 1.165) is 29.8 Å². The van der Waals surface area contributed by atoms with Crippen molar-refractivity contribution in [3.05, 3.63) is 180 Å². The van der Waals surface area contributed by atoms with Crippen LogP contribution in [0, 0.1) is 6.92 Å². The highest BCUT2D eigenvalue weighted by molar-refractivity contribution is 7.80. The highest BCUT2D eigenvalue weighted by Crippen LogP contribution is 2.28. The van der Waals surface area contributed by atoms with Crippen molar-refractivity contribution in [1.82, 2.24) is 5.32 Å². The lowest BCUT2D eigenvalue weighted by Gasteiger charge is -2.20. The first kappa shape index (κ1) is 35.4. The summed E-state index contributed by atoms with van der Waals surface area (Å²) >= 11 is 5.41. The van der Waals surface area contributed by atoms with Gasteiger partial charge in [0.2, 0.25) is 0 Å². The Labute approximate surface area is 291 Å². The monoisotopic (exact) mass is 658 g/mol. The lowest BCUT2D eigenvalue weighted by molar-refractivity contribution is 0.540. The van der Waals surface area contributed by atoms with Gasteiger partial charge < -0.3 is 15.0 Å². The number of hydrogen-bond acceptors (Lipinski definition) is 3. The van der Waals surface area contributed by atoms with E-state index in [4.69, 9.17) is 17.0 Å². The topological polar surface area (TPSA) is 24.5 Å². The minimum Gasteiger partial charge on any atom is -0.432 e. The molecule has 6 rings (SSSR count). The smallest absolute Gasteiger partial charge is 0.269 e. The van der Waals surface area contributed by atoms with Gasteiger partial charge in [0, 0.05) is 24.7 Å². The number of thiocarbonyl (C=S) groups is 1. The van der Waals surface area contributed by atoms with Gasteiger partial charge in [-0.3, -0.25) is 0 Å². The first-order valence-electron chi connectivity index (χ1n) is 15.9. The summed E-state index contributed by atoms with van der Waals surface area (Å²) in [5.74, 6) is 1.19. The van der Waals surface area contributed by atoms with Crippen LogP contribution in [0.15, 0.2) is 158 Å². The van der Waals surface area contributed by atoms with Crippen LogP contribution in [0.4, 0.5) is 5.69 Å². The molecule has 0 fully saturated rings. The van der Waals surface area contributed by atoms with Gasteiger partial charge in [-0.05, 0) is 96.3 Å². The first-order chi connectivity index (χ1) is 22.5. The zero-order valence-corrected chi connectivity index (χ0v) is 28.9. The van der Waals surface area contributed by atoms with Crippen LogP contribution in [0.25, 0.3) is 10.8 Å². The van der Waals surface area contributed by atoms with Crippen molar-refractivity contribution in [2.75, 3.05) is 18.5 Å². The fraction of sp³-hybridized carbons (Fsp3) is 0.167. The number of fused-ring (bicyclic) bond motifs is 1. The largest absolute Gasteiger partial charge is 0.432 e. The highest BCUT2D eigenvalue weighted by Gasteiger charge is 2.14. The maximum Gasteiger partial charge on any atom is 0.269 e. The molecule has 5 heteroatoms. The molecule has 0 aliphatic carbocycles. The van der Waals surface area contributed by atoms with Crippen LogP contribution in [0.5, 0.6) is 5.75 Å². The summed E-state index contributed by atoms with van der Waals surface area (Å²) in [6.45, 7) is 5.28. The third-order valence-electron chi connectivity index (χ3n) is 8.18. The predicted octanol–water partition coefficient (Wildman–Crippen LogP) is 10.9. The minimum absolute atomic E-state index is 0. The van der Waals surface area contributed by atoms with E-state index >= 15 is 0 Å². The molecule has 1 N–H and O–H groups in total. The van der Waals surface area contributed by atoms with Crippen LogP contribution in [-0.2, 0) is 0 Å². The molecule has 6 aromatic rings. The molecule has 0 aromatic heterocycles. The molecule has 1 atom stereocenters. The van der Waals surface area contributed by atoms with Crippen molar-refractivity contribution >= 4 is 46.3 Å². The van der Waals surface area contributed by atoms with E-state index in [1.807, 2.05) is 54.4 Å². The van der Waals surface area contributed by atoms with Crippen molar-refractivity contribution < 1.29 is 4.74 Å². The molecule has 240 valence electrons. The number of ether oxygens (including phenoxy) is 1. The molecular weight excluding hydrogens is 616 g/mol. The molecule has 0 saturated carbocycles. The van der Waals surface area contributed by atoms with Gasteiger partial charge in [-0.15, -0.1) is 12.4 Å². The van der Waals surface area contributed by atoms with Gasteiger partial charge in [0.05, 0.1) is 0 Å². The molecule has 0 radical (unpaired) electrons. The van der Waals surface area contributed by atoms with E-state index in [0.29, 0.717) is 17.1 Å². The molecule has 0 aliphatic rings. The standard InChI is InChI=1S/C23H25N.C19H17NOS.ClH/c1-19(20-11-5-2-6-12-20)24-18-17-23(21-13-7-3-8-14-21)22-15-9-4-10-16-22;1-14-6-5-9-17(12-14)20(2)19(22)21-18-11-10-15-7-3-4-8-16(15)13-18;/h2-16,19,23-24H,17-18H2,1H3;3-13H,1-2H3;1H. The zero-order valence-electron chi connectivity index (χ0n) is 27.3. The quantitative estimate of drug-likeness (QED) is 0.156. The van der Waals surface area contributed by atoms with Gasteiger partial charge >= 0.3 is 0 Å². The number of hydrogen-bond donors (Lipinski definition) is 1. The number of nitrogens with one attached hydrogen (secondary N) is 1. The Kier molecular flexibility index (Phi) is 13.6. The fourth-order valence-corrected chi connectivity index (χ4v) is 5.74. The van der Waals surface area contributed by atoms with Gasteiger partial charge in [-0.1, -0.05) is 133 Å². The van der Waals surface area contributed by atoms with E-state index in [9.17, 15) is 0 Å². The average molecular weight is 659 g/mol. The van der Waals surface area contributed by atoms with Crippen molar-refractivity contribution in [3.63, 3.8) is 0 Å². The van der Waals surface area contributed by atoms with E-state index in [2.05, 4.69) is 134 Å². The predicted molar refractivity (Wildman–Crippen MR) is 206 cm³/mol. The highest BCUT2D eigenvalue weighted by atomic mass is 35.5. The Morgan fingerprint density at radius 2 is 1.21 bits per heavy atom. The van der Waals surface area contributed by atoms with Crippen LogP contribution in [0.3, 0.4) is 0 Å². The van der Waals surface area contributed by atoms with Crippen LogP contribution < -0.4 is 15.0 Å². The Morgan fingerprint density at radius 3 is 1.81 bits per heavy atom. The second kappa shape index (κ2) is 18.0. The number of rotatable bonds is 9. The van der Waals surface area contributed by atoms with E-state index < -0.39 is 0 Å². The van der Waals surface area contributed by atoms with Gasteiger partial charge in [-0.2, -0.15) is 0 Å². The first-order valence-corrected chi connectivity index (χ1v) is 16.3. The van der Waals surface area contributed by atoms with Crippen molar-refractivity contribution in [3.8, 4) is 5.75 Å². The summed E-state index contributed by atoms with van der Waals surface area (Å²) in [4.78, 5) is 1.87. The van der Waals surface area contributed by atoms with Crippen LogP contribution in [-0.4, -0.2) is 18.8 Å². The maximum absolute atomic E-state index is 5.84. The molecule has 47 heavy (non-hydrogen) atoms. The van der Waals surface area contributed by atoms with E-state index in [1.54, 1.807) is 0 Å². The molecule has 6 aromatic carbocycles. The normalized spacial score (nSPS) is 11.1. The summed E-state index contributed by atoms with van der Waals surface area (Å²) in [5.41, 5.74) is 6.33. The number of nitrogens with zero attached hydrogens (tertiary/aromatic N) is 1. The van der Waals surface area contributed by atoms with Crippen molar-refractivity contribution in [2.45, 2.75) is 32.2 Å². The summed E-state index contributed by atoms with van der Waals surface area (Å²) in [7, 11) is 1.91. The third-order valence-corrected chi connectivity index (χ3v) is 8.53. The summed E-state index contributed by atoms with van der Waals surface area (Å²) in [6, 6.07) is 55.0. The van der Waals surface area contributed by atoms with E-state index in [-0.39, 0.29) is 12.4 Å². The number of halogens is 1. The van der Waals surface area contributed by atoms with Crippen molar-refractivity contribution in [1.29, 1.82) is 0 Å². The molecular formula is C42H43ClN2OS. The SMILES string of the molecule is CC(NCCC(c1ccccc1)c1ccccc1)c1ccccc1.Cc1cccc(N(C)C(=S)Oc2ccc3ccccc3c2)c1.Cl. The summed E-state index contributed by atoms with van der Waals surface area (Å²) in [5, 5.41) is 6.43. The number of aryl methyl sites for hydroxylation is 1. The Morgan fingerprint density at radius 1 is 0.660 bits per heavy atom. The Balaban J connectivity index is 0.000000209. The second-order valence-electron chi connectivity index (χ2n) is 11.5. The number of anilines is 1. The molecule has 0 amide bonds. The molecule has 0 spiro atoms. The summed E-state index contributed by atoms with van der Waals surface area (Å²) in [6.07, 6.45) is 1.09. The van der Waals surface area contributed by atoms with Gasteiger partial charge in [0.1, 0.15) is 5.75 Å². The molecule has 1 unspecified atom stereocenters. The van der Waals surface area contributed by atoms with Crippen LogP contribution in [0.2, 0.25) is 0 Å². The van der Waals surface area contributed by atoms with Crippen LogP contribution in [0.1, 0.15) is 47.6 Å². The van der Waals surface area contributed by atoms with Crippen LogP contribution >= 0.6 is 24.6 Å². The minimum atomic E-state index is 0. The van der Waals surface area contributed by atoms with Crippen molar-refractivity contribution in [2.24, 2.45) is 0 Å².